The molecule has 0 radical (unpaired) electrons. The Morgan fingerprint density at radius 2 is 1.58 bits per heavy atom. The smallest absolute Gasteiger partial charge is 0.229 e. The Bertz CT molecular complexity index is 802. The first-order valence-electron chi connectivity index (χ1n) is 8.92. The largest absolute Gasteiger partial charge is 0.298 e. The van der Waals surface area contributed by atoms with Gasteiger partial charge in [-0.15, -0.1) is 0 Å². The van der Waals surface area contributed by atoms with Crippen LogP contribution in [0.25, 0.3) is 0 Å². The van der Waals surface area contributed by atoms with Crippen LogP contribution in [0, 0.1) is 5.92 Å². The summed E-state index contributed by atoms with van der Waals surface area (Å²) in [6.45, 7) is 8.65. The molecular weight excluding hydrogens is 372 g/mol. The van der Waals surface area contributed by atoms with Crippen molar-refractivity contribution in [2.24, 2.45) is 5.92 Å². The van der Waals surface area contributed by atoms with Crippen molar-refractivity contribution in [1.82, 2.24) is 4.90 Å². The number of sulfone groups is 1. The molecule has 0 unspecified atom stereocenters. The van der Waals surface area contributed by atoms with Crippen molar-refractivity contribution in [2.45, 2.75) is 50.5 Å². The van der Waals surface area contributed by atoms with Crippen LogP contribution in [0.1, 0.15) is 40.0 Å². The standard InChI is InChI=1S/C18H30N2O4S2/c1-18(2,3)20-12-9-15(10-13-20)11-14-26(23,24)17-7-5-16(6-8-17)19-25(4,21)22/h5-8,15,19H,9-14H2,1-4H3. The van der Waals surface area contributed by atoms with Gasteiger partial charge in [0.25, 0.3) is 0 Å². The van der Waals surface area contributed by atoms with E-state index < -0.39 is 19.9 Å². The molecule has 0 bridgehead atoms. The summed E-state index contributed by atoms with van der Waals surface area (Å²) in [5.41, 5.74) is 0.528. The summed E-state index contributed by atoms with van der Waals surface area (Å²) >= 11 is 0. The van der Waals surface area contributed by atoms with E-state index in [1.165, 1.54) is 24.3 Å². The van der Waals surface area contributed by atoms with E-state index in [4.69, 9.17) is 0 Å². The minimum absolute atomic E-state index is 0.131. The van der Waals surface area contributed by atoms with E-state index in [-0.39, 0.29) is 16.2 Å². The maximum absolute atomic E-state index is 12.5. The van der Waals surface area contributed by atoms with Gasteiger partial charge in [0.15, 0.2) is 9.84 Å². The second-order valence-corrected chi connectivity index (χ2v) is 12.0. The van der Waals surface area contributed by atoms with Crippen LogP contribution in [0.2, 0.25) is 0 Å². The predicted octanol–water partition coefficient (Wildman–Crippen LogP) is 2.73. The second-order valence-electron chi connectivity index (χ2n) is 8.11. The van der Waals surface area contributed by atoms with E-state index in [9.17, 15) is 16.8 Å². The Balaban J connectivity index is 1.91. The van der Waals surface area contributed by atoms with Crippen LogP contribution in [-0.4, -0.2) is 52.4 Å². The van der Waals surface area contributed by atoms with Crippen molar-refractivity contribution < 1.29 is 16.8 Å². The third-order valence-corrected chi connectivity index (χ3v) is 7.24. The zero-order valence-corrected chi connectivity index (χ0v) is 17.7. The van der Waals surface area contributed by atoms with Crippen molar-refractivity contribution in [3.63, 3.8) is 0 Å². The lowest BCUT2D eigenvalue weighted by Gasteiger charge is -2.40. The molecule has 0 aromatic heterocycles. The van der Waals surface area contributed by atoms with Gasteiger partial charge in [0.1, 0.15) is 0 Å². The number of hydrogen-bond acceptors (Lipinski definition) is 5. The topological polar surface area (TPSA) is 83.6 Å². The fourth-order valence-corrected chi connectivity index (χ4v) is 5.27. The highest BCUT2D eigenvalue weighted by Gasteiger charge is 2.27. The molecule has 0 amide bonds. The van der Waals surface area contributed by atoms with E-state index in [1.807, 2.05) is 0 Å². The van der Waals surface area contributed by atoms with Gasteiger partial charge in [-0.3, -0.25) is 9.62 Å². The number of hydrogen-bond donors (Lipinski definition) is 1. The van der Waals surface area contributed by atoms with Crippen LogP contribution >= 0.6 is 0 Å². The summed E-state index contributed by atoms with van der Waals surface area (Å²) < 4.78 is 49.8. The molecule has 0 saturated carbocycles. The van der Waals surface area contributed by atoms with Crippen molar-refractivity contribution in [1.29, 1.82) is 0 Å². The normalized spacial score (nSPS) is 18.0. The van der Waals surface area contributed by atoms with Crippen LogP contribution in [0.4, 0.5) is 5.69 Å². The zero-order chi connectivity index (χ0) is 19.6. The number of nitrogens with zero attached hydrogens (tertiary/aromatic N) is 1. The molecule has 0 atom stereocenters. The lowest BCUT2D eigenvalue weighted by molar-refractivity contribution is 0.0868. The molecule has 1 heterocycles. The molecule has 1 aliphatic rings. The number of nitrogens with one attached hydrogen (secondary N) is 1. The Labute approximate surface area is 158 Å². The van der Waals surface area contributed by atoms with Crippen LogP contribution in [0.15, 0.2) is 29.2 Å². The van der Waals surface area contributed by atoms with Gasteiger partial charge in [-0.05, 0) is 83.3 Å². The average molecular weight is 403 g/mol. The first kappa shape index (κ1) is 21.2. The fourth-order valence-electron chi connectivity index (χ4n) is 3.28. The summed E-state index contributed by atoms with van der Waals surface area (Å²) in [5, 5.41) is 0. The number of benzene rings is 1. The monoisotopic (exact) mass is 402 g/mol. The Morgan fingerprint density at radius 1 is 1.04 bits per heavy atom. The number of anilines is 1. The van der Waals surface area contributed by atoms with Gasteiger partial charge < -0.3 is 0 Å². The molecule has 2 rings (SSSR count). The molecule has 1 N–H and O–H groups in total. The summed E-state index contributed by atoms with van der Waals surface area (Å²) in [4.78, 5) is 2.69. The molecule has 0 spiro atoms. The van der Waals surface area contributed by atoms with Gasteiger partial charge in [0, 0.05) is 11.2 Å². The first-order chi connectivity index (χ1) is 11.9. The third-order valence-electron chi connectivity index (χ3n) is 4.87. The highest BCUT2D eigenvalue weighted by molar-refractivity contribution is 7.92. The van der Waals surface area contributed by atoms with E-state index in [0.29, 0.717) is 18.0 Å². The van der Waals surface area contributed by atoms with Crippen LogP contribution in [0.5, 0.6) is 0 Å². The van der Waals surface area contributed by atoms with Gasteiger partial charge in [-0.25, -0.2) is 16.8 Å². The predicted molar refractivity (Wildman–Crippen MR) is 106 cm³/mol. The summed E-state index contributed by atoms with van der Waals surface area (Å²) in [7, 11) is -6.72. The minimum atomic E-state index is -3.37. The van der Waals surface area contributed by atoms with Crippen LogP contribution in [0.3, 0.4) is 0 Å². The van der Waals surface area contributed by atoms with E-state index in [1.54, 1.807) is 0 Å². The van der Waals surface area contributed by atoms with Crippen molar-refractivity contribution >= 4 is 25.5 Å². The fraction of sp³-hybridized carbons (Fsp3) is 0.667. The highest BCUT2D eigenvalue weighted by Crippen LogP contribution is 2.27. The molecule has 1 aromatic rings. The lowest BCUT2D eigenvalue weighted by atomic mass is 9.91. The molecule has 1 saturated heterocycles. The van der Waals surface area contributed by atoms with Crippen LogP contribution < -0.4 is 4.72 Å². The SMILES string of the molecule is CC(C)(C)N1CCC(CCS(=O)(=O)c2ccc(NS(C)(=O)=O)cc2)CC1. The van der Waals surface area contributed by atoms with Crippen LogP contribution in [-0.2, 0) is 19.9 Å². The molecule has 26 heavy (non-hydrogen) atoms. The number of rotatable bonds is 6. The molecular formula is C18H30N2O4S2. The molecule has 1 fully saturated rings. The maximum Gasteiger partial charge on any atom is 0.229 e. The molecule has 1 aliphatic heterocycles. The van der Waals surface area contributed by atoms with Crippen molar-refractivity contribution in [3.8, 4) is 0 Å². The van der Waals surface area contributed by atoms with Gasteiger partial charge in [-0.1, -0.05) is 0 Å². The quantitative estimate of drug-likeness (QED) is 0.791. The van der Waals surface area contributed by atoms with Gasteiger partial charge in [-0.2, -0.15) is 0 Å². The Kier molecular flexibility index (Phi) is 6.40. The van der Waals surface area contributed by atoms with Crippen molar-refractivity contribution in [2.75, 3.05) is 29.8 Å². The van der Waals surface area contributed by atoms with Gasteiger partial charge >= 0.3 is 0 Å². The summed E-state index contributed by atoms with van der Waals surface area (Å²) in [6, 6.07) is 5.89. The summed E-state index contributed by atoms with van der Waals surface area (Å²) in [5.74, 6) is 0.570. The third kappa shape index (κ3) is 6.25. The average Bonchev–Trinajstić information content (AvgIpc) is 2.51. The lowest BCUT2D eigenvalue weighted by Crippen LogP contribution is -2.46. The zero-order valence-electron chi connectivity index (χ0n) is 16.0. The van der Waals surface area contributed by atoms with E-state index >= 15 is 0 Å². The Hall–Kier alpha value is -1.12. The van der Waals surface area contributed by atoms with Crippen molar-refractivity contribution in [3.05, 3.63) is 24.3 Å². The van der Waals surface area contributed by atoms with E-state index in [0.717, 1.165) is 32.2 Å². The molecule has 1 aromatic carbocycles. The number of likely N-dealkylation sites (tertiary alicyclic amines) is 1. The summed E-state index contributed by atoms with van der Waals surface area (Å²) in [6.07, 6.45) is 3.79. The number of piperidine rings is 1. The van der Waals surface area contributed by atoms with Gasteiger partial charge in [0.05, 0.1) is 16.9 Å². The first-order valence-corrected chi connectivity index (χ1v) is 12.5. The van der Waals surface area contributed by atoms with Gasteiger partial charge in [0.2, 0.25) is 10.0 Å². The number of sulfonamides is 1. The maximum atomic E-state index is 12.5. The van der Waals surface area contributed by atoms with E-state index in [2.05, 4.69) is 30.4 Å². The second kappa shape index (κ2) is 7.86. The highest BCUT2D eigenvalue weighted by atomic mass is 32.2. The minimum Gasteiger partial charge on any atom is -0.298 e. The molecule has 8 heteroatoms. The molecule has 6 nitrogen and oxygen atoms in total. The Morgan fingerprint density at radius 3 is 2.04 bits per heavy atom. The molecule has 0 aliphatic carbocycles. The molecule has 148 valence electrons.